The molecule has 1 N–H and O–H groups in total. The fourth-order valence-corrected chi connectivity index (χ4v) is 1.47. The van der Waals surface area contributed by atoms with E-state index in [1.54, 1.807) is 0 Å². The molecule has 2 nitrogen and oxygen atoms in total. The Hall–Kier alpha value is -0.800. The number of hydrogen-bond donors (Lipinski definition) is 1. The first kappa shape index (κ1) is 10.3. The third-order valence-electron chi connectivity index (χ3n) is 1.47. The lowest BCUT2D eigenvalue weighted by Crippen LogP contribution is -2.07. The molecule has 1 rings (SSSR count). The van der Waals surface area contributed by atoms with Crippen LogP contribution in [0.25, 0.3) is 0 Å². The molecule has 0 amide bonds. The molecule has 0 aliphatic heterocycles. The van der Waals surface area contributed by atoms with Crippen molar-refractivity contribution < 1.29 is 14.3 Å². The second-order valence-corrected chi connectivity index (χ2v) is 3.15. The monoisotopic (exact) mass is 222 g/mol. The van der Waals surface area contributed by atoms with E-state index in [4.69, 9.17) is 28.3 Å². The normalized spacial score (nSPS) is 12.5. The Labute approximate surface area is 83.9 Å². The van der Waals surface area contributed by atoms with Crippen LogP contribution in [0.3, 0.4) is 0 Å². The topological polar surface area (TPSA) is 37.3 Å². The van der Waals surface area contributed by atoms with Gasteiger partial charge in [-0.05, 0) is 12.1 Å². The van der Waals surface area contributed by atoms with Crippen LogP contribution in [0.15, 0.2) is 18.2 Å². The summed E-state index contributed by atoms with van der Waals surface area (Å²) in [4.78, 5) is 10.3. The average molecular weight is 223 g/mol. The van der Waals surface area contributed by atoms with Gasteiger partial charge in [-0.25, -0.2) is 9.18 Å². The van der Waals surface area contributed by atoms with E-state index in [2.05, 4.69) is 0 Å². The third-order valence-corrected chi connectivity index (χ3v) is 2.13. The van der Waals surface area contributed by atoms with Crippen LogP contribution in [-0.2, 0) is 4.79 Å². The Morgan fingerprint density at radius 3 is 2.23 bits per heavy atom. The Bertz CT molecular complexity index is 321. The summed E-state index contributed by atoms with van der Waals surface area (Å²) in [6.07, 6.45) is -2.18. The molecule has 1 atom stereocenters. The highest BCUT2D eigenvalue weighted by Gasteiger charge is 2.23. The van der Waals surface area contributed by atoms with Crippen molar-refractivity contribution in [3.05, 3.63) is 33.8 Å². The first-order valence-electron chi connectivity index (χ1n) is 3.35. The van der Waals surface area contributed by atoms with E-state index in [-0.39, 0.29) is 15.6 Å². The number of rotatable bonds is 2. The van der Waals surface area contributed by atoms with Gasteiger partial charge in [0, 0.05) is 15.6 Å². The number of hydrogen-bond acceptors (Lipinski definition) is 1. The minimum absolute atomic E-state index is 0.0161. The minimum Gasteiger partial charge on any atom is -0.479 e. The van der Waals surface area contributed by atoms with Gasteiger partial charge in [0.2, 0.25) is 6.17 Å². The minimum atomic E-state index is -2.18. The van der Waals surface area contributed by atoms with Gasteiger partial charge in [-0.15, -0.1) is 0 Å². The van der Waals surface area contributed by atoms with E-state index >= 15 is 0 Å². The summed E-state index contributed by atoms with van der Waals surface area (Å²) < 4.78 is 13.0. The summed E-state index contributed by atoms with van der Waals surface area (Å²) in [7, 11) is 0. The van der Waals surface area contributed by atoms with Crippen molar-refractivity contribution in [2.45, 2.75) is 6.17 Å². The highest BCUT2D eigenvalue weighted by atomic mass is 35.5. The van der Waals surface area contributed by atoms with Gasteiger partial charge in [0.05, 0.1) is 0 Å². The van der Waals surface area contributed by atoms with Gasteiger partial charge >= 0.3 is 5.97 Å². The molecule has 0 saturated heterocycles. The van der Waals surface area contributed by atoms with Gasteiger partial charge in [-0.2, -0.15) is 0 Å². The summed E-state index contributed by atoms with van der Waals surface area (Å²) in [5.41, 5.74) is -0.196. The second kappa shape index (κ2) is 3.94. The molecule has 0 aromatic heterocycles. The Morgan fingerprint density at radius 1 is 1.38 bits per heavy atom. The van der Waals surface area contributed by atoms with Crippen molar-refractivity contribution in [3.8, 4) is 0 Å². The number of carboxylic acids is 1. The van der Waals surface area contributed by atoms with Gasteiger partial charge in [0.25, 0.3) is 0 Å². The van der Waals surface area contributed by atoms with E-state index < -0.39 is 12.1 Å². The van der Waals surface area contributed by atoms with Gasteiger partial charge in [-0.1, -0.05) is 29.3 Å². The number of benzene rings is 1. The lowest BCUT2D eigenvalue weighted by molar-refractivity contribution is -0.143. The highest BCUT2D eigenvalue weighted by Crippen LogP contribution is 2.32. The average Bonchev–Trinajstić information content (AvgIpc) is 2.03. The lowest BCUT2D eigenvalue weighted by atomic mass is 10.1. The Balaban J connectivity index is 3.20. The van der Waals surface area contributed by atoms with Gasteiger partial charge in [0.1, 0.15) is 0 Å². The first-order chi connectivity index (χ1) is 6.04. The van der Waals surface area contributed by atoms with E-state index in [1.807, 2.05) is 0 Å². The molecule has 0 heterocycles. The second-order valence-electron chi connectivity index (χ2n) is 2.34. The predicted octanol–water partition coefficient (Wildman–Crippen LogP) is 3.09. The SMILES string of the molecule is O=C(O)C(F)c1c(Cl)cccc1Cl. The highest BCUT2D eigenvalue weighted by molar-refractivity contribution is 6.36. The number of carbonyl (C=O) groups is 1. The van der Waals surface area contributed by atoms with E-state index in [0.29, 0.717) is 0 Å². The van der Waals surface area contributed by atoms with Crippen LogP contribution in [0.2, 0.25) is 10.0 Å². The van der Waals surface area contributed by atoms with Crippen molar-refractivity contribution in [1.82, 2.24) is 0 Å². The Kier molecular flexibility index (Phi) is 3.12. The molecule has 0 spiro atoms. The van der Waals surface area contributed by atoms with Crippen LogP contribution in [0.5, 0.6) is 0 Å². The molecule has 0 bridgehead atoms. The third kappa shape index (κ3) is 2.11. The maximum atomic E-state index is 13.0. The van der Waals surface area contributed by atoms with Crippen molar-refractivity contribution in [2.24, 2.45) is 0 Å². The van der Waals surface area contributed by atoms with Gasteiger partial charge in [-0.3, -0.25) is 0 Å². The standard InChI is InChI=1S/C8H5Cl2FO2/c9-4-2-1-3-5(10)6(4)7(11)8(12)13/h1-3,7H,(H,12,13). The molecule has 1 aromatic rings. The van der Waals surface area contributed by atoms with Crippen molar-refractivity contribution >= 4 is 29.2 Å². The zero-order valence-corrected chi connectivity index (χ0v) is 7.81. The van der Waals surface area contributed by atoms with Crippen molar-refractivity contribution in [1.29, 1.82) is 0 Å². The summed E-state index contributed by atoms with van der Waals surface area (Å²) in [5.74, 6) is -1.60. The van der Waals surface area contributed by atoms with E-state index in [9.17, 15) is 9.18 Å². The van der Waals surface area contributed by atoms with Crippen LogP contribution >= 0.6 is 23.2 Å². The van der Waals surface area contributed by atoms with Crippen LogP contribution in [0.1, 0.15) is 11.7 Å². The first-order valence-corrected chi connectivity index (χ1v) is 4.10. The van der Waals surface area contributed by atoms with E-state index in [1.165, 1.54) is 18.2 Å². The molecule has 5 heteroatoms. The van der Waals surface area contributed by atoms with Crippen LogP contribution in [0.4, 0.5) is 4.39 Å². The van der Waals surface area contributed by atoms with Gasteiger partial charge < -0.3 is 5.11 Å². The largest absolute Gasteiger partial charge is 0.479 e. The quantitative estimate of drug-likeness (QED) is 0.836. The summed E-state index contributed by atoms with van der Waals surface area (Å²) in [6, 6.07) is 4.29. The van der Waals surface area contributed by atoms with Crippen LogP contribution in [0, 0.1) is 0 Å². The molecule has 1 aromatic carbocycles. The Morgan fingerprint density at radius 2 is 1.85 bits per heavy atom. The number of aliphatic carboxylic acids is 1. The molecule has 13 heavy (non-hydrogen) atoms. The fraction of sp³-hybridized carbons (Fsp3) is 0.125. The van der Waals surface area contributed by atoms with E-state index in [0.717, 1.165) is 0 Å². The molecular weight excluding hydrogens is 218 g/mol. The summed E-state index contributed by atoms with van der Waals surface area (Å²) >= 11 is 11.2. The number of alkyl halides is 1. The zero-order chi connectivity index (χ0) is 10.0. The van der Waals surface area contributed by atoms with Crippen molar-refractivity contribution in [2.75, 3.05) is 0 Å². The maximum absolute atomic E-state index is 13.0. The lowest BCUT2D eigenvalue weighted by Gasteiger charge is -2.07. The molecule has 70 valence electrons. The predicted molar refractivity (Wildman–Crippen MR) is 47.9 cm³/mol. The maximum Gasteiger partial charge on any atom is 0.343 e. The smallest absolute Gasteiger partial charge is 0.343 e. The van der Waals surface area contributed by atoms with Gasteiger partial charge in [0.15, 0.2) is 0 Å². The zero-order valence-electron chi connectivity index (χ0n) is 6.30. The summed E-state index contributed by atoms with van der Waals surface area (Å²) in [5, 5.41) is 8.42. The molecule has 0 aliphatic carbocycles. The molecule has 0 aliphatic rings. The van der Waals surface area contributed by atoms with Crippen LogP contribution < -0.4 is 0 Å². The molecular formula is C8H5Cl2FO2. The molecule has 0 fully saturated rings. The van der Waals surface area contributed by atoms with Crippen molar-refractivity contribution in [3.63, 3.8) is 0 Å². The molecule has 0 radical (unpaired) electrons. The van der Waals surface area contributed by atoms with Crippen LogP contribution in [-0.4, -0.2) is 11.1 Å². The summed E-state index contributed by atoms with van der Waals surface area (Å²) in [6.45, 7) is 0. The molecule has 0 saturated carbocycles. The molecule has 1 unspecified atom stereocenters. The number of carboxylic acid groups (broad SMARTS) is 1. The number of halogens is 3. The fourth-order valence-electron chi connectivity index (χ4n) is 0.876.